The van der Waals surface area contributed by atoms with Gasteiger partial charge in [0.25, 0.3) is 0 Å². The molecule has 0 saturated carbocycles. The maximum atomic E-state index is 12.2. The van der Waals surface area contributed by atoms with Gasteiger partial charge >= 0.3 is 0 Å². The number of hydrogen-bond donors (Lipinski definition) is 1. The third kappa shape index (κ3) is 3.33. The average Bonchev–Trinajstić information content (AvgIpc) is 2.15. The summed E-state index contributed by atoms with van der Waals surface area (Å²) in [6.07, 6.45) is 0. The van der Waals surface area contributed by atoms with Crippen LogP contribution in [0.1, 0.15) is 0 Å². The molecular formula is C9H11BrCl2N2O2S. The first-order chi connectivity index (χ1) is 7.80. The quantitative estimate of drug-likeness (QED) is 0.895. The van der Waals surface area contributed by atoms with Crippen molar-refractivity contribution in [1.29, 1.82) is 0 Å². The molecule has 0 fully saturated rings. The normalized spacial score (nSPS) is 12.1. The second-order valence-corrected chi connectivity index (χ2v) is 7.03. The summed E-state index contributed by atoms with van der Waals surface area (Å²) in [7, 11) is -2.28. The zero-order valence-electron chi connectivity index (χ0n) is 8.95. The molecule has 96 valence electrons. The van der Waals surface area contributed by atoms with Crippen molar-refractivity contribution in [2.24, 2.45) is 5.73 Å². The number of hydrogen-bond acceptors (Lipinski definition) is 3. The van der Waals surface area contributed by atoms with Crippen LogP contribution in [0.25, 0.3) is 0 Å². The first kappa shape index (κ1) is 15.2. The summed E-state index contributed by atoms with van der Waals surface area (Å²) in [6, 6.07) is 2.97. The number of nitrogens with zero attached hydrogens (tertiary/aromatic N) is 1. The third-order valence-electron chi connectivity index (χ3n) is 2.08. The Morgan fingerprint density at radius 3 is 2.24 bits per heavy atom. The smallest absolute Gasteiger partial charge is 0.245 e. The van der Waals surface area contributed by atoms with Gasteiger partial charge in [-0.3, -0.25) is 0 Å². The molecule has 0 spiro atoms. The van der Waals surface area contributed by atoms with Gasteiger partial charge in [-0.1, -0.05) is 39.1 Å². The molecule has 0 radical (unpaired) electrons. The van der Waals surface area contributed by atoms with Crippen molar-refractivity contribution >= 4 is 49.2 Å². The number of halogens is 3. The minimum atomic E-state index is -3.71. The lowest BCUT2D eigenvalue weighted by atomic mass is 10.4. The first-order valence-corrected chi connectivity index (χ1v) is 7.60. The van der Waals surface area contributed by atoms with Crippen LogP contribution in [0.5, 0.6) is 0 Å². The Morgan fingerprint density at radius 2 is 1.82 bits per heavy atom. The topological polar surface area (TPSA) is 63.4 Å². The van der Waals surface area contributed by atoms with Crippen molar-refractivity contribution < 1.29 is 8.42 Å². The van der Waals surface area contributed by atoms with Crippen molar-refractivity contribution in [1.82, 2.24) is 4.31 Å². The van der Waals surface area contributed by atoms with E-state index in [1.165, 1.54) is 19.2 Å². The SMILES string of the molecule is CN(CCN)S(=O)(=O)c1c(Cl)cc(Br)cc1Cl. The van der Waals surface area contributed by atoms with Gasteiger partial charge in [0.05, 0.1) is 10.0 Å². The molecule has 2 N–H and O–H groups in total. The molecule has 0 aliphatic carbocycles. The molecule has 0 aliphatic rings. The Kier molecular flexibility index (Phi) is 5.24. The van der Waals surface area contributed by atoms with Crippen LogP contribution in [0, 0.1) is 0 Å². The third-order valence-corrected chi connectivity index (χ3v) is 5.31. The number of benzene rings is 1. The summed E-state index contributed by atoms with van der Waals surface area (Å²) in [5.41, 5.74) is 5.32. The lowest BCUT2D eigenvalue weighted by molar-refractivity contribution is 0.477. The zero-order valence-corrected chi connectivity index (χ0v) is 12.9. The van der Waals surface area contributed by atoms with Gasteiger partial charge in [0.2, 0.25) is 10.0 Å². The van der Waals surface area contributed by atoms with E-state index in [2.05, 4.69) is 15.9 Å². The van der Waals surface area contributed by atoms with E-state index >= 15 is 0 Å². The molecular weight excluding hydrogens is 351 g/mol. The summed E-state index contributed by atoms with van der Waals surface area (Å²) in [4.78, 5) is -0.0972. The molecule has 4 nitrogen and oxygen atoms in total. The van der Waals surface area contributed by atoms with Gasteiger partial charge in [0.15, 0.2) is 0 Å². The van der Waals surface area contributed by atoms with Crippen LogP contribution in [0.2, 0.25) is 10.0 Å². The largest absolute Gasteiger partial charge is 0.329 e. The Hall–Kier alpha value is 0.150. The summed E-state index contributed by atoms with van der Waals surface area (Å²) in [6.45, 7) is 0.423. The number of rotatable bonds is 4. The van der Waals surface area contributed by atoms with Crippen molar-refractivity contribution in [2.75, 3.05) is 20.1 Å². The fraction of sp³-hybridized carbons (Fsp3) is 0.333. The van der Waals surface area contributed by atoms with Crippen molar-refractivity contribution in [3.8, 4) is 0 Å². The van der Waals surface area contributed by atoms with E-state index < -0.39 is 10.0 Å². The molecule has 0 heterocycles. The predicted molar refractivity (Wildman–Crippen MR) is 73.0 cm³/mol. The molecule has 0 amide bonds. The van der Waals surface area contributed by atoms with E-state index in [-0.39, 0.29) is 28.0 Å². The van der Waals surface area contributed by atoms with Crippen molar-refractivity contribution in [3.63, 3.8) is 0 Å². The highest BCUT2D eigenvalue weighted by Crippen LogP contribution is 2.34. The number of sulfonamides is 1. The second kappa shape index (κ2) is 5.86. The van der Waals surface area contributed by atoms with Crippen LogP contribution in [0.15, 0.2) is 21.5 Å². The van der Waals surface area contributed by atoms with E-state index in [0.717, 1.165) is 4.31 Å². The lowest BCUT2D eigenvalue weighted by Gasteiger charge is -2.18. The predicted octanol–water partition coefficient (Wildman–Crippen LogP) is 2.34. The van der Waals surface area contributed by atoms with Gasteiger partial charge in [0, 0.05) is 24.6 Å². The van der Waals surface area contributed by atoms with Gasteiger partial charge in [-0.2, -0.15) is 4.31 Å². The van der Waals surface area contributed by atoms with Gasteiger partial charge in [0.1, 0.15) is 4.90 Å². The minimum absolute atomic E-state index is 0.0771. The fourth-order valence-electron chi connectivity index (χ4n) is 1.23. The van der Waals surface area contributed by atoms with Crippen LogP contribution in [0.3, 0.4) is 0 Å². The first-order valence-electron chi connectivity index (χ1n) is 4.61. The summed E-state index contributed by atoms with van der Waals surface area (Å²) < 4.78 is 26.1. The van der Waals surface area contributed by atoms with Gasteiger partial charge in [-0.15, -0.1) is 0 Å². The molecule has 0 bridgehead atoms. The number of nitrogens with two attached hydrogens (primary N) is 1. The molecule has 1 aromatic rings. The summed E-state index contributed by atoms with van der Waals surface area (Å²) >= 11 is 15.0. The summed E-state index contributed by atoms with van der Waals surface area (Å²) in [5.74, 6) is 0. The Balaban J connectivity index is 3.34. The van der Waals surface area contributed by atoms with Crippen molar-refractivity contribution in [2.45, 2.75) is 4.90 Å². The maximum absolute atomic E-state index is 12.2. The van der Waals surface area contributed by atoms with Gasteiger partial charge in [-0.25, -0.2) is 8.42 Å². The molecule has 1 aromatic carbocycles. The molecule has 0 aliphatic heterocycles. The molecule has 0 unspecified atom stereocenters. The molecule has 0 aromatic heterocycles. The van der Waals surface area contributed by atoms with Crippen LogP contribution >= 0.6 is 39.1 Å². The average molecular weight is 362 g/mol. The fourth-order valence-corrected chi connectivity index (χ4v) is 4.29. The van der Waals surface area contributed by atoms with E-state index in [0.29, 0.717) is 4.47 Å². The second-order valence-electron chi connectivity index (χ2n) is 3.31. The van der Waals surface area contributed by atoms with Crippen molar-refractivity contribution in [3.05, 3.63) is 26.7 Å². The molecule has 17 heavy (non-hydrogen) atoms. The standard InChI is InChI=1S/C9H11BrCl2N2O2S/c1-14(3-2-13)17(15,16)9-7(11)4-6(10)5-8(9)12/h4-5H,2-3,13H2,1H3. The van der Waals surface area contributed by atoms with E-state index in [9.17, 15) is 8.42 Å². The number of likely N-dealkylation sites (N-methyl/N-ethyl adjacent to an activating group) is 1. The van der Waals surface area contributed by atoms with Crippen LogP contribution < -0.4 is 5.73 Å². The van der Waals surface area contributed by atoms with Gasteiger partial charge in [-0.05, 0) is 12.1 Å². The summed E-state index contributed by atoms with van der Waals surface area (Å²) in [5, 5.41) is 0.154. The maximum Gasteiger partial charge on any atom is 0.245 e. The minimum Gasteiger partial charge on any atom is -0.329 e. The van der Waals surface area contributed by atoms with Crippen LogP contribution in [-0.2, 0) is 10.0 Å². The van der Waals surface area contributed by atoms with Crippen LogP contribution in [-0.4, -0.2) is 32.9 Å². The Bertz CT molecular complexity index is 499. The van der Waals surface area contributed by atoms with Crippen LogP contribution in [0.4, 0.5) is 0 Å². The molecule has 8 heteroatoms. The highest BCUT2D eigenvalue weighted by Gasteiger charge is 2.26. The Morgan fingerprint density at radius 1 is 1.35 bits per heavy atom. The van der Waals surface area contributed by atoms with E-state index in [1.54, 1.807) is 0 Å². The highest BCUT2D eigenvalue weighted by atomic mass is 79.9. The van der Waals surface area contributed by atoms with E-state index in [1.807, 2.05) is 0 Å². The zero-order chi connectivity index (χ0) is 13.2. The lowest BCUT2D eigenvalue weighted by Crippen LogP contribution is -2.32. The molecule has 0 atom stereocenters. The van der Waals surface area contributed by atoms with E-state index in [4.69, 9.17) is 28.9 Å². The Labute approximate surface area is 119 Å². The van der Waals surface area contributed by atoms with Gasteiger partial charge < -0.3 is 5.73 Å². The molecule has 0 saturated heterocycles. The molecule has 1 rings (SSSR count). The monoisotopic (exact) mass is 360 g/mol. The highest BCUT2D eigenvalue weighted by molar-refractivity contribution is 9.10.